The number of hydrogen-bond acceptors (Lipinski definition) is 5. The van der Waals surface area contributed by atoms with Gasteiger partial charge in [0.1, 0.15) is 0 Å². The molecule has 0 aromatic heterocycles. The zero-order valence-electron chi connectivity index (χ0n) is 15.6. The van der Waals surface area contributed by atoms with E-state index in [0.29, 0.717) is 5.56 Å². The first kappa shape index (κ1) is 23.0. The van der Waals surface area contributed by atoms with Gasteiger partial charge >= 0.3 is 6.18 Å². The van der Waals surface area contributed by atoms with Crippen molar-refractivity contribution in [3.05, 3.63) is 52.5 Å². The smallest absolute Gasteiger partial charge is 0.416 e. The van der Waals surface area contributed by atoms with Crippen LogP contribution in [0.1, 0.15) is 24.0 Å². The van der Waals surface area contributed by atoms with Crippen LogP contribution in [0.25, 0.3) is 0 Å². The van der Waals surface area contributed by atoms with E-state index in [1.807, 2.05) is 0 Å². The second-order valence-electron chi connectivity index (χ2n) is 5.97. The topological polar surface area (TPSA) is 100 Å². The number of anilines is 1. The maximum atomic E-state index is 12.8. The van der Waals surface area contributed by atoms with Gasteiger partial charge in [0.25, 0.3) is 0 Å². The number of aromatic hydroxyl groups is 1. The van der Waals surface area contributed by atoms with Crippen molar-refractivity contribution in [1.82, 2.24) is 5.43 Å². The molecular formula is C19H17ClF3N3O4. The summed E-state index contributed by atoms with van der Waals surface area (Å²) in [6, 6.07) is 6.98. The Morgan fingerprint density at radius 3 is 2.53 bits per heavy atom. The molecule has 0 bridgehead atoms. The largest absolute Gasteiger partial charge is 0.504 e. The average molecular weight is 444 g/mol. The molecule has 0 saturated carbocycles. The summed E-state index contributed by atoms with van der Waals surface area (Å²) in [6.45, 7) is 0. The lowest BCUT2D eigenvalue weighted by Crippen LogP contribution is -2.21. The number of halogens is 4. The van der Waals surface area contributed by atoms with Gasteiger partial charge in [-0.15, -0.1) is 0 Å². The maximum Gasteiger partial charge on any atom is 0.416 e. The van der Waals surface area contributed by atoms with Crippen LogP contribution in [0, 0.1) is 0 Å². The molecule has 0 atom stereocenters. The van der Waals surface area contributed by atoms with Gasteiger partial charge in [0.05, 0.1) is 29.6 Å². The maximum absolute atomic E-state index is 12.8. The van der Waals surface area contributed by atoms with Gasteiger partial charge in [-0.1, -0.05) is 11.6 Å². The first-order valence-corrected chi connectivity index (χ1v) is 8.83. The van der Waals surface area contributed by atoms with Crippen LogP contribution in [-0.2, 0) is 15.8 Å². The van der Waals surface area contributed by atoms with Crippen LogP contribution in [0.2, 0.25) is 5.02 Å². The van der Waals surface area contributed by atoms with Crippen LogP contribution in [0.3, 0.4) is 0 Å². The van der Waals surface area contributed by atoms with Crippen LogP contribution in [0.15, 0.2) is 41.5 Å². The Labute approximate surface area is 174 Å². The van der Waals surface area contributed by atoms with Crippen molar-refractivity contribution in [2.75, 3.05) is 12.4 Å². The monoisotopic (exact) mass is 443 g/mol. The van der Waals surface area contributed by atoms with Crippen molar-refractivity contribution in [2.24, 2.45) is 5.10 Å². The number of alkyl halides is 3. The summed E-state index contributed by atoms with van der Waals surface area (Å²) in [6.07, 6.45) is -3.81. The highest BCUT2D eigenvalue weighted by Crippen LogP contribution is 2.33. The number of hydrazone groups is 1. The Hall–Kier alpha value is -3.27. The van der Waals surface area contributed by atoms with Crippen molar-refractivity contribution < 1.29 is 32.6 Å². The molecule has 0 fully saturated rings. The van der Waals surface area contributed by atoms with Gasteiger partial charge in [0.15, 0.2) is 11.5 Å². The van der Waals surface area contributed by atoms with Crippen LogP contribution < -0.4 is 15.5 Å². The second kappa shape index (κ2) is 9.97. The van der Waals surface area contributed by atoms with E-state index in [2.05, 4.69) is 15.8 Å². The zero-order valence-corrected chi connectivity index (χ0v) is 16.3. The van der Waals surface area contributed by atoms with E-state index in [9.17, 15) is 27.9 Å². The molecule has 11 heteroatoms. The van der Waals surface area contributed by atoms with Gasteiger partial charge in [0, 0.05) is 12.8 Å². The summed E-state index contributed by atoms with van der Waals surface area (Å²) in [5, 5.41) is 15.4. The fourth-order valence-electron chi connectivity index (χ4n) is 2.25. The van der Waals surface area contributed by atoms with Crippen molar-refractivity contribution in [3.63, 3.8) is 0 Å². The standard InChI is InChI=1S/C19H17ClF3N3O4/c1-30-16-8-11(2-5-15(16)27)10-24-26-18(29)7-6-17(28)25-14-9-12(19(21,22)23)3-4-13(14)20/h2-5,8-10,27H,6-7H2,1H3,(H,25,28)(H,26,29)/b24-10-. The number of hydrogen-bond donors (Lipinski definition) is 3. The van der Waals surface area contributed by atoms with Crippen LogP contribution in [0.5, 0.6) is 11.5 Å². The minimum Gasteiger partial charge on any atom is -0.504 e. The summed E-state index contributed by atoms with van der Waals surface area (Å²) < 4.78 is 43.2. The summed E-state index contributed by atoms with van der Waals surface area (Å²) in [7, 11) is 1.38. The predicted molar refractivity (Wildman–Crippen MR) is 105 cm³/mol. The molecular weight excluding hydrogens is 427 g/mol. The molecule has 0 radical (unpaired) electrons. The predicted octanol–water partition coefficient (Wildman–Crippen LogP) is 3.94. The first-order chi connectivity index (χ1) is 14.1. The quantitative estimate of drug-likeness (QED) is 0.445. The molecule has 0 aliphatic rings. The minimum atomic E-state index is -4.58. The number of nitrogens with zero attached hydrogens (tertiary/aromatic N) is 1. The molecule has 2 rings (SSSR count). The lowest BCUT2D eigenvalue weighted by molar-refractivity contribution is -0.137. The van der Waals surface area contributed by atoms with Crippen molar-refractivity contribution in [2.45, 2.75) is 19.0 Å². The number of phenols is 1. The Balaban J connectivity index is 1.86. The number of phenolic OH excluding ortho intramolecular Hbond substituents is 1. The SMILES string of the molecule is COc1cc(/C=N\NC(=O)CCC(=O)Nc2cc(C(F)(F)F)ccc2Cl)ccc1O. The molecule has 0 spiro atoms. The number of ether oxygens (including phenoxy) is 1. The number of amides is 2. The first-order valence-electron chi connectivity index (χ1n) is 8.45. The van der Waals surface area contributed by atoms with Gasteiger partial charge < -0.3 is 15.2 Å². The zero-order chi connectivity index (χ0) is 22.3. The third-order valence-electron chi connectivity index (χ3n) is 3.75. The third-order valence-corrected chi connectivity index (χ3v) is 4.08. The van der Waals surface area contributed by atoms with Crippen LogP contribution in [0.4, 0.5) is 18.9 Å². The van der Waals surface area contributed by atoms with Crippen molar-refractivity contribution in [1.29, 1.82) is 0 Å². The van der Waals surface area contributed by atoms with Gasteiger partial charge in [-0.2, -0.15) is 18.3 Å². The molecule has 0 aliphatic heterocycles. The van der Waals surface area contributed by atoms with Gasteiger partial charge in [0.2, 0.25) is 11.8 Å². The summed E-state index contributed by atoms with van der Waals surface area (Å²) in [5.74, 6) is -1.08. The number of rotatable bonds is 7. The Morgan fingerprint density at radius 2 is 1.87 bits per heavy atom. The Kier molecular flexibility index (Phi) is 7.65. The molecule has 30 heavy (non-hydrogen) atoms. The molecule has 2 aromatic rings. The van der Waals surface area contributed by atoms with E-state index in [0.717, 1.165) is 18.2 Å². The Morgan fingerprint density at radius 1 is 1.17 bits per heavy atom. The van der Waals surface area contributed by atoms with Gasteiger partial charge in [-0.25, -0.2) is 5.43 Å². The van der Waals surface area contributed by atoms with Gasteiger partial charge in [-0.3, -0.25) is 9.59 Å². The highest BCUT2D eigenvalue weighted by molar-refractivity contribution is 6.33. The molecule has 7 nitrogen and oxygen atoms in total. The molecule has 3 N–H and O–H groups in total. The summed E-state index contributed by atoms with van der Waals surface area (Å²) in [5.41, 5.74) is 1.60. The molecule has 0 unspecified atom stereocenters. The fourth-order valence-corrected chi connectivity index (χ4v) is 2.41. The number of benzene rings is 2. The van der Waals surface area contributed by atoms with Gasteiger partial charge in [-0.05, 0) is 42.0 Å². The number of methoxy groups -OCH3 is 1. The molecule has 0 heterocycles. The Bertz CT molecular complexity index is 965. The number of carbonyl (C=O) groups excluding carboxylic acids is 2. The van der Waals surface area contributed by atoms with E-state index < -0.39 is 23.6 Å². The van der Waals surface area contributed by atoms with E-state index in [1.54, 1.807) is 6.07 Å². The molecule has 2 amide bonds. The summed E-state index contributed by atoms with van der Waals surface area (Å²) >= 11 is 5.81. The molecule has 0 aliphatic carbocycles. The average Bonchev–Trinajstić information content (AvgIpc) is 2.68. The van der Waals surface area contributed by atoms with E-state index in [-0.39, 0.29) is 35.1 Å². The fraction of sp³-hybridized carbons (Fsp3) is 0.211. The van der Waals surface area contributed by atoms with Crippen LogP contribution >= 0.6 is 11.6 Å². The summed E-state index contributed by atoms with van der Waals surface area (Å²) in [4.78, 5) is 23.7. The molecule has 160 valence electrons. The van der Waals surface area contributed by atoms with Crippen molar-refractivity contribution >= 4 is 35.3 Å². The minimum absolute atomic E-state index is 0.0504. The lowest BCUT2D eigenvalue weighted by atomic mass is 10.2. The lowest BCUT2D eigenvalue weighted by Gasteiger charge is -2.11. The third kappa shape index (κ3) is 6.66. The van der Waals surface area contributed by atoms with E-state index in [4.69, 9.17) is 16.3 Å². The van der Waals surface area contributed by atoms with Crippen molar-refractivity contribution in [3.8, 4) is 11.5 Å². The highest BCUT2D eigenvalue weighted by Gasteiger charge is 2.31. The molecule has 0 saturated heterocycles. The van der Waals surface area contributed by atoms with E-state index >= 15 is 0 Å². The van der Waals surface area contributed by atoms with E-state index in [1.165, 1.54) is 25.5 Å². The number of nitrogens with one attached hydrogen (secondary N) is 2. The number of carbonyl (C=O) groups is 2. The normalized spacial score (nSPS) is 11.4. The molecule has 2 aromatic carbocycles. The second-order valence-corrected chi connectivity index (χ2v) is 6.37. The van der Waals surface area contributed by atoms with Crippen LogP contribution in [-0.4, -0.2) is 30.2 Å². The highest BCUT2D eigenvalue weighted by atomic mass is 35.5.